The average Bonchev–Trinajstić information content (AvgIpc) is 2.45. The number of β-lactam (4-membered cyclic amide) rings is 1. The third kappa shape index (κ3) is 2.30. The molecule has 0 saturated carbocycles. The molecule has 19 heavy (non-hydrogen) atoms. The van der Waals surface area contributed by atoms with Crippen LogP contribution in [0.5, 0.6) is 5.75 Å². The quantitative estimate of drug-likeness (QED) is 0.721. The summed E-state index contributed by atoms with van der Waals surface area (Å²) in [7, 11) is 2.97. The molecule has 0 spiro atoms. The van der Waals surface area contributed by atoms with Crippen molar-refractivity contribution in [2.75, 3.05) is 25.7 Å². The fraction of sp³-hybridized carbons (Fsp3) is 0.462. The molecule has 2 N–H and O–H groups in total. The van der Waals surface area contributed by atoms with Gasteiger partial charge < -0.3 is 24.6 Å². The maximum atomic E-state index is 12.0. The highest BCUT2D eigenvalue weighted by molar-refractivity contribution is 6.05. The van der Waals surface area contributed by atoms with Crippen LogP contribution in [0.25, 0.3) is 0 Å². The van der Waals surface area contributed by atoms with Crippen molar-refractivity contribution in [1.82, 2.24) is 0 Å². The summed E-state index contributed by atoms with van der Waals surface area (Å²) >= 11 is 0. The van der Waals surface area contributed by atoms with Gasteiger partial charge in [-0.15, -0.1) is 0 Å². The Morgan fingerprint density at radius 1 is 1.32 bits per heavy atom. The lowest BCUT2D eigenvalue weighted by Crippen LogP contribution is -2.70. The van der Waals surface area contributed by atoms with E-state index in [1.807, 2.05) is 0 Å². The van der Waals surface area contributed by atoms with Crippen molar-refractivity contribution in [3.8, 4) is 5.75 Å². The first-order chi connectivity index (χ1) is 9.13. The molecule has 0 unspecified atom stereocenters. The van der Waals surface area contributed by atoms with Crippen LogP contribution >= 0.6 is 0 Å². The molecule has 1 aromatic carbocycles. The SMILES string of the molecule is COc1ccc(N2C(=O)[C@H](OC)[C@@H]2[C@H](O)CO)cc1. The third-order valence-corrected chi connectivity index (χ3v) is 3.27. The highest BCUT2D eigenvalue weighted by Crippen LogP contribution is 2.32. The predicted octanol–water partition coefficient (Wildman–Crippen LogP) is -0.221. The molecular formula is C13H17NO5. The van der Waals surface area contributed by atoms with E-state index in [0.29, 0.717) is 11.4 Å². The average molecular weight is 267 g/mol. The lowest BCUT2D eigenvalue weighted by Gasteiger charge is -2.47. The molecule has 0 aliphatic carbocycles. The van der Waals surface area contributed by atoms with Crippen molar-refractivity contribution in [2.45, 2.75) is 18.2 Å². The molecule has 0 radical (unpaired) electrons. The van der Waals surface area contributed by atoms with Crippen LogP contribution in [0.2, 0.25) is 0 Å². The Labute approximate surface area is 111 Å². The smallest absolute Gasteiger partial charge is 0.258 e. The third-order valence-electron chi connectivity index (χ3n) is 3.27. The van der Waals surface area contributed by atoms with Crippen molar-refractivity contribution < 1.29 is 24.5 Å². The first-order valence-electron chi connectivity index (χ1n) is 5.93. The maximum absolute atomic E-state index is 12.0. The van der Waals surface area contributed by atoms with E-state index < -0.39 is 24.9 Å². The molecule has 6 nitrogen and oxygen atoms in total. The topological polar surface area (TPSA) is 79.2 Å². The number of aliphatic hydroxyl groups excluding tert-OH is 2. The summed E-state index contributed by atoms with van der Waals surface area (Å²) in [6.07, 6.45) is -1.76. The van der Waals surface area contributed by atoms with Crippen LogP contribution in [-0.4, -0.2) is 55.2 Å². The highest BCUT2D eigenvalue weighted by Gasteiger charge is 2.51. The van der Waals surface area contributed by atoms with Gasteiger partial charge in [-0.3, -0.25) is 4.79 Å². The van der Waals surface area contributed by atoms with Gasteiger partial charge in [-0.1, -0.05) is 0 Å². The lowest BCUT2D eigenvalue weighted by molar-refractivity contribution is -0.145. The van der Waals surface area contributed by atoms with Crippen LogP contribution < -0.4 is 9.64 Å². The minimum absolute atomic E-state index is 0.231. The second-order valence-electron chi connectivity index (χ2n) is 4.30. The second kappa shape index (κ2) is 5.56. The molecule has 1 amide bonds. The van der Waals surface area contributed by atoms with E-state index in [2.05, 4.69) is 0 Å². The van der Waals surface area contributed by atoms with Crippen LogP contribution in [0, 0.1) is 0 Å². The Bertz CT molecular complexity index is 447. The lowest BCUT2D eigenvalue weighted by atomic mass is 9.91. The number of carbonyl (C=O) groups excluding carboxylic acids is 1. The monoisotopic (exact) mass is 267 g/mol. The molecule has 0 aromatic heterocycles. The zero-order valence-electron chi connectivity index (χ0n) is 10.8. The number of nitrogens with zero attached hydrogens (tertiary/aromatic N) is 1. The number of hydrogen-bond acceptors (Lipinski definition) is 5. The van der Waals surface area contributed by atoms with E-state index >= 15 is 0 Å². The van der Waals surface area contributed by atoms with Crippen LogP contribution in [0.3, 0.4) is 0 Å². The normalized spacial score (nSPS) is 24.0. The standard InChI is InChI=1S/C13H17NO5/c1-18-9-5-3-8(4-6-9)14-11(10(16)7-15)12(19-2)13(14)17/h3-6,10-12,15-16H,7H2,1-2H3/t10-,11+,12-/m1/s1. The van der Waals surface area contributed by atoms with Gasteiger partial charge in [-0.05, 0) is 24.3 Å². The van der Waals surface area contributed by atoms with Gasteiger partial charge in [0.2, 0.25) is 0 Å². The summed E-state index contributed by atoms with van der Waals surface area (Å²) < 4.78 is 10.1. The molecule has 1 aliphatic heterocycles. The molecule has 1 fully saturated rings. The summed E-state index contributed by atoms with van der Waals surface area (Å²) in [5.74, 6) is 0.449. The summed E-state index contributed by atoms with van der Waals surface area (Å²) in [4.78, 5) is 13.4. The largest absolute Gasteiger partial charge is 0.497 e. The molecule has 104 valence electrons. The number of carbonyl (C=O) groups is 1. The van der Waals surface area contributed by atoms with Crippen molar-refractivity contribution >= 4 is 11.6 Å². The minimum atomic E-state index is -1.04. The van der Waals surface area contributed by atoms with Crippen LogP contribution in [0.1, 0.15) is 0 Å². The number of aliphatic hydroxyl groups is 2. The molecule has 6 heteroatoms. The van der Waals surface area contributed by atoms with Gasteiger partial charge in [0, 0.05) is 12.8 Å². The van der Waals surface area contributed by atoms with Crippen molar-refractivity contribution in [2.24, 2.45) is 0 Å². The van der Waals surface area contributed by atoms with Crippen LogP contribution in [0.15, 0.2) is 24.3 Å². The van der Waals surface area contributed by atoms with Gasteiger partial charge in [0.15, 0.2) is 6.10 Å². The summed E-state index contributed by atoms with van der Waals surface area (Å²) in [6.45, 7) is -0.426. The van der Waals surface area contributed by atoms with E-state index in [0.717, 1.165) is 0 Å². The van der Waals surface area contributed by atoms with E-state index in [4.69, 9.17) is 14.6 Å². The Morgan fingerprint density at radius 3 is 2.42 bits per heavy atom. The summed E-state index contributed by atoms with van der Waals surface area (Å²) in [6, 6.07) is 6.33. The number of rotatable bonds is 5. The number of amides is 1. The Hall–Kier alpha value is -1.63. The van der Waals surface area contributed by atoms with Gasteiger partial charge in [-0.2, -0.15) is 0 Å². The molecule has 1 saturated heterocycles. The Morgan fingerprint density at radius 2 is 1.95 bits per heavy atom. The zero-order chi connectivity index (χ0) is 14.0. The molecule has 2 rings (SSSR count). The van der Waals surface area contributed by atoms with Crippen molar-refractivity contribution in [1.29, 1.82) is 0 Å². The van der Waals surface area contributed by atoms with Crippen molar-refractivity contribution in [3.63, 3.8) is 0 Å². The van der Waals surface area contributed by atoms with Gasteiger partial charge in [-0.25, -0.2) is 0 Å². The number of hydrogen-bond donors (Lipinski definition) is 2. The first-order valence-corrected chi connectivity index (χ1v) is 5.93. The molecule has 0 bridgehead atoms. The van der Waals surface area contributed by atoms with E-state index in [1.54, 1.807) is 31.4 Å². The zero-order valence-corrected chi connectivity index (χ0v) is 10.8. The highest BCUT2D eigenvalue weighted by atomic mass is 16.5. The first kappa shape index (κ1) is 13.8. The van der Waals surface area contributed by atoms with Gasteiger partial charge in [0.05, 0.1) is 13.7 Å². The van der Waals surface area contributed by atoms with E-state index in [-0.39, 0.29) is 5.91 Å². The predicted molar refractivity (Wildman–Crippen MR) is 68.2 cm³/mol. The number of benzene rings is 1. The molecule has 3 atom stereocenters. The minimum Gasteiger partial charge on any atom is -0.497 e. The van der Waals surface area contributed by atoms with Gasteiger partial charge >= 0.3 is 0 Å². The fourth-order valence-corrected chi connectivity index (χ4v) is 2.25. The molecule has 1 aromatic rings. The van der Waals surface area contributed by atoms with E-state index in [9.17, 15) is 9.90 Å². The number of ether oxygens (including phenoxy) is 2. The van der Waals surface area contributed by atoms with Crippen LogP contribution in [0.4, 0.5) is 5.69 Å². The van der Waals surface area contributed by atoms with Crippen LogP contribution in [-0.2, 0) is 9.53 Å². The van der Waals surface area contributed by atoms with Gasteiger partial charge in [0.1, 0.15) is 17.9 Å². The van der Waals surface area contributed by atoms with Gasteiger partial charge in [0.25, 0.3) is 5.91 Å². The summed E-state index contributed by atoms with van der Waals surface area (Å²) in [5, 5.41) is 18.8. The number of methoxy groups -OCH3 is 2. The summed E-state index contributed by atoms with van der Waals surface area (Å²) in [5.41, 5.74) is 0.636. The fourth-order valence-electron chi connectivity index (χ4n) is 2.25. The molecular weight excluding hydrogens is 250 g/mol. The second-order valence-corrected chi connectivity index (χ2v) is 4.30. The van der Waals surface area contributed by atoms with E-state index in [1.165, 1.54) is 12.0 Å². The number of anilines is 1. The maximum Gasteiger partial charge on any atom is 0.258 e. The Kier molecular flexibility index (Phi) is 4.04. The molecule has 1 heterocycles. The molecule has 1 aliphatic rings. The Balaban J connectivity index is 2.23. The van der Waals surface area contributed by atoms with Crippen molar-refractivity contribution in [3.05, 3.63) is 24.3 Å².